The number of fused-ring (bicyclic) bond motifs is 5. The molecule has 30 heavy (non-hydrogen) atoms. The average Bonchev–Trinajstić information content (AvgIpc) is 2.98. The van der Waals surface area contributed by atoms with Gasteiger partial charge in [0.2, 0.25) is 0 Å². The normalized spacial score (nSPS) is 41.6. The summed E-state index contributed by atoms with van der Waals surface area (Å²) in [6, 6.07) is 0. The molecule has 0 heterocycles. The zero-order chi connectivity index (χ0) is 21.0. The molecular weight excluding hydrogens is 368 g/mol. The number of rotatable bonds is 5. The molecule has 0 aromatic heterocycles. The van der Waals surface area contributed by atoms with E-state index >= 15 is 0 Å². The third-order valence-electron chi connectivity index (χ3n) is 9.75. The van der Waals surface area contributed by atoms with Crippen molar-refractivity contribution in [2.45, 2.75) is 118 Å². The van der Waals surface area contributed by atoms with Gasteiger partial charge in [-0.05, 0) is 99.7 Å². The summed E-state index contributed by atoms with van der Waals surface area (Å²) in [5, 5.41) is 20.3. The van der Waals surface area contributed by atoms with Crippen molar-refractivity contribution in [2.75, 3.05) is 0 Å². The zero-order valence-corrected chi connectivity index (χ0v) is 19.5. The van der Waals surface area contributed by atoms with Crippen molar-refractivity contribution in [3.05, 3.63) is 23.3 Å². The topological polar surface area (TPSA) is 40.5 Å². The van der Waals surface area contributed by atoms with E-state index in [1.54, 1.807) is 5.57 Å². The Morgan fingerprint density at radius 2 is 1.80 bits per heavy atom. The van der Waals surface area contributed by atoms with Gasteiger partial charge in [0.05, 0.1) is 11.7 Å². The molecule has 0 saturated heterocycles. The van der Waals surface area contributed by atoms with Gasteiger partial charge in [0.15, 0.2) is 0 Å². The quantitative estimate of drug-likeness (QED) is 0.503. The van der Waals surface area contributed by atoms with Crippen LogP contribution in [0.2, 0.25) is 0 Å². The fourth-order valence-electron chi connectivity index (χ4n) is 8.02. The van der Waals surface area contributed by atoms with Crippen LogP contribution in [0.3, 0.4) is 0 Å². The van der Waals surface area contributed by atoms with Gasteiger partial charge in [-0.3, -0.25) is 0 Å². The van der Waals surface area contributed by atoms with Crippen LogP contribution < -0.4 is 0 Å². The minimum Gasteiger partial charge on any atom is -0.393 e. The number of allylic oxidation sites excluding steroid dienone is 3. The van der Waals surface area contributed by atoms with E-state index in [0.29, 0.717) is 16.7 Å². The number of aliphatic hydroxyl groups is 2. The van der Waals surface area contributed by atoms with E-state index < -0.39 is 5.60 Å². The summed E-state index contributed by atoms with van der Waals surface area (Å²) >= 11 is 0. The maximum atomic E-state index is 10.2. The van der Waals surface area contributed by atoms with E-state index in [1.807, 2.05) is 13.8 Å². The van der Waals surface area contributed by atoms with Gasteiger partial charge in [0.25, 0.3) is 0 Å². The number of hydrogen-bond acceptors (Lipinski definition) is 2. The fourth-order valence-corrected chi connectivity index (χ4v) is 8.02. The summed E-state index contributed by atoms with van der Waals surface area (Å²) in [5.74, 6) is 3.03. The first-order valence-corrected chi connectivity index (χ1v) is 12.4. The highest BCUT2D eigenvalue weighted by atomic mass is 16.3. The number of aliphatic hydroxyl groups excluding tert-OH is 1. The van der Waals surface area contributed by atoms with Crippen molar-refractivity contribution in [1.82, 2.24) is 0 Å². The summed E-state index contributed by atoms with van der Waals surface area (Å²) in [6.45, 7) is 11.5. The van der Waals surface area contributed by atoms with Crippen LogP contribution in [0.5, 0.6) is 0 Å². The Hall–Kier alpha value is -0.600. The Bertz CT molecular complexity index is 683. The van der Waals surface area contributed by atoms with E-state index in [9.17, 15) is 10.2 Å². The van der Waals surface area contributed by atoms with Crippen LogP contribution in [-0.2, 0) is 0 Å². The van der Waals surface area contributed by atoms with Crippen molar-refractivity contribution in [2.24, 2.45) is 34.5 Å². The Morgan fingerprint density at radius 1 is 1.07 bits per heavy atom. The largest absolute Gasteiger partial charge is 0.393 e. The van der Waals surface area contributed by atoms with Gasteiger partial charge in [0.1, 0.15) is 0 Å². The average molecular weight is 417 g/mol. The van der Waals surface area contributed by atoms with Crippen LogP contribution in [0.1, 0.15) is 106 Å². The lowest BCUT2D eigenvalue weighted by Gasteiger charge is -2.55. The molecule has 4 aliphatic rings. The predicted octanol–water partition coefficient (Wildman–Crippen LogP) is 7.06. The van der Waals surface area contributed by atoms with Crippen LogP contribution in [0.15, 0.2) is 23.3 Å². The van der Waals surface area contributed by atoms with E-state index in [0.717, 1.165) is 49.9 Å². The summed E-state index contributed by atoms with van der Waals surface area (Å²) in [7, 11) is 0. The summed E-state index contributed by atoms with van der Waals surface area (Å²) in [5.41, 5.74) is 3.49. The molecule has 2 N–H and O–H groups in total. The van der Waals surface area contributed by atoms with Gasteiger partial charge >= 0.3 is 0 Å². The highest BCUT2D eigenvalue weighted by molar-refractivity contribution is 5.38. The second-order valence-corrected chi connectivity index (χ2v) is 12.2. The lowest BCUT2D eigenvalue weighted by molar-refractivity contribution is 0.0298. The lowest BCUT2D eigenvalue weighted by Crippen LogP contribution is -2.46. The van der Waals surface area contributed by atoms with Gasteiger partial charge in [-0.2, -0.15) is 0 Å². The molecule has 0 bridgehead atoms. The first-order valence-electron chi connectivity index (χ1n) is 12.4. The Morgan fingerprint density at radius 3 is 2.50 bits per heavy atom. The van der Waals surface area contributed by atoms with Gasteiger partial charge in [-0.15, -0.1) is 0 Å². The van der Waals surface area contributed by atoms with Crippen LogP contribution in [-0.4, -0.2) is 21.9 Å². The number of hydrogen-bond donors (Lipinski definition) is 2. The minimum atomic E-state index is -0.528. The zero-order valence-electron chi connectivity index (χ0n) is 19.5. The van der Waals surface area contributed by atoms with Crippen molar-refractivity contribution in [3.8, 4) is 0 Å². The Balaban J connectivity index is 0.00000256. The SMILES string of the molecule is C.C[C@H](CCCC(C)(C)O)[C@H]1CCC2C3=CC=C4C[C@@H](O)CC[C@]4(C)C3CC[C@@]21C. The molecule has 2 heteroatoms. The molecule has 4 rings (SSSR count). The standard InChI is InChI=1S/C27H44O2.CH4/c1-18(7-6-14-25(2,3)29)22-10-11-23-21-9-8-19-17-20(28)12-15-26(19,4)24(21)13-16-27(22,23)5;/h8-9,18,20,22-24,28-29H,6-7,10-17H2,1-5H3;1H4/t18-,20+,22-,23?,24?,26+,27-;/m1./s1. The fraction of sp³-hybridized carbons (Fsp3) is 0.857. The molecule has 0 radical (unpaired) electrons. The molecule has 0 amide bonds. The lowest BCUT2D eigenvalue weighted by atomic mass is 9.50. The van der Waals surface area contributed by atoms with E-state index in [1.165, 1.54) is 37.7 Å². The molecule has 3 fully saturated rings. The molecule has 4 aliphatic carbocycles. The molecule has 172 valence electrons. The molecular formula is C28H48O2. The van der Waals surface area contributed by atoms with Crippen molar-refractivity contribution in [1.29, 1.82) is 0 Å². The highest BCUT2D eigenvalue weighted by Gasteiger charge is 2.56. The second-order valence-electron chi connectivity index (χ2n) is 12.2. The van der Waals surface area contributed by atoms with Gasteiger partial charge < -0.3 is 10.2 Å². The molecule has 0 aromatic carbocycles. The van der Waals surface area contributed by atoms with Gasteiger partial charge in [-0.1, -0.05) is 64.3 Å². The minimum absolute atomic E-state index is 0. The highest BCUT2D eigenvalue weighted by Crippen LogP contribution is 2.66. The van der Waals surface area contributed by atoms with Gasteiger partial charge in [-0.25, -0.2) is 0 Å². The predicted molar refractivity (Wildman–Crippen MR) is 127 cm³/mol. The van der Waals surface area contributed by atoms with Crippen LogP contribution in [0, 0.1) is 34.5 Å². The summed E-state index contributed by atoms with van der Waals surface area (Å²) in [6.07, 6.45) is 16.5. The van der Waals surface area contributed by atoms with E-state index in [2.05, 4.69) is 32.9 Å². The monoisotopic (exact) mass is 416 g/mol. The van der Waals surface area contributed by atoms with Gasteiger partial charge in [0, 0.05) is 0 Å². The molecule has 2 unspecified atom stereocenters. The Kier molecular flexibility index (Phi) is 6.73. The van der Waals surface area contributed by atoms with Crippen LogP contribution >= 0.6 is 0 Å². The first-order chi connectivity index (χ1) is 13.5. The molecule has 0 spiro atoms. The van der Waals surface area contributed by atoms with Crippen molar-refractivity contribution >= 4 is 0 Å². The second kappa shape index (κ2) is 8.39. The molecule has 0 aromatic rings. The molecule has 2 nitrogen and oxygen atoms in total. The van der Waals surface area contributed by atoms with E-state index in [4.69, 9.17) is 0 Å². The maximum Gasteiger partial charge on any atom is 0.0591 e. The van der Waals surface area contributed by atoms with Crippen LogP contribution in [0.4, 0.5) is 0 Å². The van der Waals surface area contributed by atoms with Crippen molar-refractivity contribution in [3.63, 3.8) is 0 Å². The molecule has 3 saturated carbocycles. The summed E-state index contributed by atoms with van der Waals surface area (Å²) in [4.78, 5) is 0. The van der Waals surface area contributed by atoms with Crippen LogP contribution in [0.25, 0.3) is 0 Å². The third kappa shape index (κ3) is 4.08. The maximum absolute atomic E-state index is 10.2. The third-order valence-corrected chi connectivity index (χ3v) is 9.75. The van der Waals surface area contributed by atoms with E-state index in [-0.39, 0.29) is 13.5 Å². The first kappa shape index (κ1) is 24.1. The molecule has 0 aliphatic heterocycles. The van der Waals surface area contributed by atoms with Crippen molar-refractivity contribution < 1.29 is 10.2 Å². The molecule has 7 atom stereocenters. The smallest absolute Gasteiger partial charge is 0.0591 e. The Labute approximate surface area is 186 Å². The summed E-state index contributed by atoms with van der Waals surface area (Å²) < 4.78 is 0.